The molecule has 1 saturated carbocycles. The van der Waals surface area contributed by atoms with Crippen molar-refractivity contribution in [3.8, 4) is 0 Å². The molecule has 4 heteroatoms. The summed E-state index contributed by atoms with van der Waals surface area (Å²) in [5, 5.41) is 5.02. The molecular formula is C14H17Cl2NO. The fourth-order valence-electron chi connectivity index (χ4n) is 2.65. The number of nitrogens with one attached hydrogen (secondary N) is 1. The van der Waals surface area contributed by atoms with Gasteiger partial charge in [0.05, 0.1) is 6.10 Å². The van der Waals surface area contributed by atoms with Crippen LogP contribution >= 0.6 is 23.2 Å². The van der Waals surface area contributed by atoms with Gasteiger partial charge in [0.15, 0.2) is 0 Å². The van der Waals surface area contributed by atoms with Crippen LogP contribution in [0.2, 0.25) is 10.0 Å². The van der Waals surface area contributed by atoms with E-state index in [4.69, 9.17) is 27.9 Å². The molecule has 1 aliphatic carbocycles. The molecule has 1 aliphatic heterocycles. The van der Waals surface area contributed by atoms with Crippen LogP contribution in [0.25, 0.3) is 0 Å². The van der Waals surface area contributed by atoms with E-state index in [9.17, 15) is 0 Å². The van der Waals surface area contributed by atoms with Crippen LogP contribution in [0.1, 0.15) is 24.8 Å². The van der Waals surface area contributed by atoms with E-state index in [1.807, 2.05) is 18.2 Å². The summed E-state index contributed by atoms with van der Waals surface area (Å²) in [6, 6.07) is 6.09. The Kier molecular flexibility index (Phi) is 3.81. The predicted octanol–water partition coefficient (Wildman–Crippen LogP) is 3.65. The van der Waals surface area contributed by atoms with E-state index in [1.165, 1.54) is 12.8 Å². The monoisotopic (exact) mass is 285 g/mol. The molecule has 3 rings (SSSR count). The molecule has 1 aromatic carbocycles. The van der Waals surface area contributed by atoms with Crippen LogP contribution in [0, 0.1) is 5.92 Å². The third kappa shape index (κ3) is 2.67. The highest BCUT2D eigenvalue weighted by atomic mass is 35.5. The van der Waals surface area contributed by atoms with E-state index in [1.54, 1.807) is 0 Å². The summed E-state index contributed by atoms with van der Waals surface area (Å²) in [6.45, 7) is 1.59. The summed E-state index contributed by atoms with van der Waals surface area (Å²) >= 11 is 12.3. The molecule has 2 nitrogen and oxygen atoms in total. The van der Waals surface area contributed by atoms with E-state index in [0.29, 0.717) is 12.1 Å². The summed E-state index contributed by atoms with van der Waals surface area (Å²) in [6.07, 6.45) is 4.11. The van der Waals surface area contributed by atoms with Gasteiger partial charge in [0.2, 0.25) is 0 Å². The summed E-state index contributed by atoms with van der Waals surface area (Å²) < 4.78 is 5.81. The summed E-state index contributed by atoms with van der Waals surface area (Å²) in [5.74, 6) is 0.770. The van der Waals surface area contributed by atoms with Crippen molar-refractivity contribution in [1.29, 1.82) is 0 Å². The molecule has 0 spiro atoms. The smallest absolute Gasteiger partial charge is 0.0757 e. The number of rotatable bonds is 4. The molecule has 1 aromatic rings. The number of benzene rings is 1. The van der Waals surface area contributed by atoms with Crippen LogP contribution in [0.5, 0.6) is 0 Å². The zero-order chi connectivity index (χ0) is 12.5. The van der Waals surface area contributed by atoms with Crippen molar-refractivity contribution in [2.24, 2.45) is 5.92 Å². The van der Waals surface area contributed by atoms with Gasteiger partial charge in [-0.25, -0.2) is 0 Å². The number of halogens is 2. The molecule has 0 amide bonds. The van der Waals surface area contributed by atoms with Gasteiger partial charge in [-0.05, 0) is 37.3 Å². The predicted molar refractivity (Wildman–Crippen MR) is 74.2 cm³/mol. The number of hydrogen-bond donors (Lipinski definition) is 1. The highest BCUT2D eigenvalue weighted by molar-refractivity contribution is 6.35. The molecule has 0 radical (unpaired) electrons. The zero-order valence-corrected chi connectivity index (χ0v) is 11.7. The lowest BCUT2D eigenvalue weighted by Crippen LogP contribution is -2.37. The largest absolute Gasteiger partial charge is 0.376 e. The minimum atomic E-state index is 0.395. The van der Waals surface area contributed by atoms with E-state index in [0.717, 1.165) is 41.1 Å². The van der Waals surface area contributed by atoms with Crippen molar-refractivity contribution in [2.75, 3.05) is 6.61 Å². The first-order valence-electron chi connectivity index (χ1n) is 6.53. The number of ether oxygens (including phenoxy) is 1. The Bertz CT molecular complexity index is 414. The first-order chi connectivity index (χ1) is 8.75. The van der Waals surface area contributed by atoms with Crippen molar-refractivity contribution in [2.45, 2.75) is 38.0 Å². The fourth-order valence-corrected chi connectivity index (χ4v) is 3.18. The molecule has 2 atom stereocenters. The highest BCUT2D eigenvalue weighted by Gasteiger charge is 2.40. The molecule has 2 unspecified atom stereocenters. The topological polar surface area (TPSA) is 21.3 Å². The van der Waals surface area contributed by atoms with Gasteiger partial charge in [0.25, 0.3) is 0 Å². The van der Waals surface area contributed by atoms with Crippen molar-refractivity contribution >= 4 is 23.2 Å². The molecule has 1 N–H and O–H groups in total. The molecule has 18 heavy (non-hydrogen) atoms. The normalized spacial score (nSPS) is 27.7. The van der Waals surface area contributed by atoms with Crippen molar-refractivity contribution in [3.05, 3.63) is 33.8 Å². The molecule has 2 aliphatic rings. The summed E-state index contributed by atoms with van der Waals surface area (Å²) in [4.78, 5) is 0. The van der Waals surface area contributed by atoms with Crippen LogP contribution in [0.15, 0.2) is 18.2 Å². The van der Waals surface area contributed by atoms with Gasteiger partial charge in [-0.3, -0.25) is 0 Å². The second-order valence-electron chi connectivity index (χ2n) is 5.15. The van der Waals surface area contributed by atoms with Gasteiger partial charge in [-0.2, -0.15) is 0 Å². The molecule has 1 heterocycles. The van der Waals surface area contributed by atoms with Gasteiger partial charge in [0, 0.05) is 34.8 Å². The van der Waals surface area contributed by atoms with E-state index in [-0.39, 0.29) is 0 Å². The van der Waals surface area contributed by atoms with Gasteiger partial charge in [-0.15, -0.1) is 0 Å². The Morgan fingerprint density at radius 3 is 2.56 bits per heavy atom. The van der Waals surface area contributed by atoms with E-state index in [2.05, 4.69) is 5.32 Å². The average Bonchev–Trinajstić information content (AvgIpc) is 3.09. The van der Waals surface area contributed by atoms with Crippen molar-refractivity contribution < 1.29 is 4.74 Å². The quantitative estimate of drug-likeness (QED) is 0.912. The SMILES string of the molecule is Clc1cccc(Cl)c1CNC1CCOC1C1CC1. The Morgan fingerprint density at radius 1 is 1.17 bits per heavy atom. The Labute approximate surface area is 118 Å². The molecule has 0 bridgehead atoms. The van der Waals surface area contributed by atoms with Crippen LogP contribution in [-0.4, -0.2) is 18.8 Å². The first kappa shape index (κ1) is 12.7. The average molecular weight is 286 g/mol. The fraction of sp³-hybridized carbons (Fsp3) is 0.571. The van der Waals surface area contributed by atoms with Crippen LogP contribution in [0.4, 0.5) is 0 Å². The minimum Gasteiger partial charge on any atom is -0.376 e. The molecule has 98 valence electrons. The second kappa shape index (κ2) is 5.38. The van der Waals surface area contributed by atoms with Crippen LogP contribution < -0.4 is 5.32 Å². The van der Waals surface area contributed by atoms with Gasteiger partial charge in [0.1, 0.15) is 0 Å². The van der Waals surface area contributed by atoms with Gasteiger partial charge >= 0.3 is 0 Å². The standard InChI is InChI=1S/C14H17Cl2NO/c15-11-2-1-3-12(16)10(11)8-17-13-6-7-18-14(13)9-4-5-9/h1-3,9,13-14,17H,4-8H2. The second-order valence-corrected chi connectivity index (χ2v) is 5.96. The first-order valence-corrected chi connectivity index (χ1v) is 7.29. The van der Waals surface area contributed by atoms with E-state index < -0.39 is 0 Å². The molecular weight excluding hydrogens is 269 g/mol. The maximum Gasteiger partial charge on any atom is 0.0757 e. The Hall–Kier alpha value is -0.280. The summed E-state index contributed by atoms with van der Waals surface area (Å²) in [5.41, 5.74) is 0.988. The lowest BCUT2D eigenvalue weighted by molar-refractivity contribution is 0.0809. The zero-order valence-electron chi connectivity index (χ0n) is 10.2. The van der Waals surface area contributed by atoms with Crippen LogP contribution in [0.3, 0.4) is 0 Å². The minimum absolute atomic E-state index is 0.395. The third-order valence-electron chi connectivity index (χ3n) is 3.83. The van der Waals surface area contributed by atoms with E-state index >= 15 is 0 Å². The highest BCUT2D eigenvalue weighted by Crippen LogP contribution is 2.39. The third-order valence-corrected chi connectivity index (χ3v) is 4.53. The molecule has 0 aromatic heterocycles. The Morgan fingerprint density at radius 2 is 1.89 bits per heavy atom. The van der Waals surface area contributed by atoms with Crippen molar-refractivity contribution in [1.82, 2.24) is 5.32 Å². The maximum atomic E-state index is 6.17. The molecule has 1 saturated heterocycles. The lowest BCUT2D eigenvalue weighted by atomic mass is 10.1. The number of hydrogen-bond acceptors (Lipinski definition) is 2. The van der Waals surface area contributed by atoms with Gasteiger partial charge in [-0.1, -0.05) is 29.3 Å². The summed E-state index contributed by atoms with van der Waals surface area (Å²) in [7, 11) is 0. The molecule has 2 fully saturated rings. The van der Waals surface area contributed by atoms with Crippen molar-refractivity contribution in [3.63, 3.8) is 0 Å². The Balaban J connectivity index is 1.63. The van der Waals surface area contributed by atoms with Crippen LogP contribution in [-0.2, 0) is 11.3 Å². The van der Waals surface area contributed by atoms with Gasteiger partial charge < -0.3 is 10.1 Å². The lowest BCUT2D eigenvalue weighted by Gasteiger charge is -2.20. The maximum absolute atomic E-state index is 6.17.